The Labute approximate surface area is 99.0 Å². The molecule has 90 valence electrons. The lowest BCUT2D eigenvalue weighted by atomic mass is 9.93. The molecule has 0 aliphatic rings. The Morgan fingerprint density at radius 3 is 2.56 bits per heavy atom. The highest BCUT2D eigenvalue weighted by molar-refractivity contribution is 5.19. The smallest absolute Gasteiger partial charge is 0.0462 e. The van der Waals surface area contributed by atoms with Gasteiger partial charge in [-0.3, -0.25) is 0 Å². The van der Waals surface area contributed by atoms with Crippen LogP contribution in [0.1, 0.15) is 30.7 Å². The molecule has 0 saturated heterocycles. The van der Waals surface area contributed by atoms with Crippen molar-refractivity contribution in [2.24, 2.45) is 0 Å². The maximum atomic E-state index is 5.07. The standard InChI is InChI=1S/C14H23NO/c1-15-12-14(10-6-7-11-16-2)13-8-4-3-5-9-13/h3-5,8-9,14-15H,6-7,10-12H2,1-2H3. The molecule has 1 N–H and O–H groups in total. The van der Waals surface area contributed by atoms with Crippen LogP contribution >= 0.6 is 0 Å². The summed E-state index contributed by atoms with van der Waals surface area (Å²) in [5, 5.41) is 3.28. The first-order valence-corrected chi connectivity index (χ1v) is 6.07. The minimum Gasteiger partial charge on any atom is -0.385 e. The highest BCUT2D eigenvalue weighted by atomic mass is 16.5. The number of rotatable bonds is 8. The van der Waals surface area contributed by atoms with Crippen LogP contribution in [0.3, 0.4) is 0 Å². The van der Waals surface area contributed by atoms with E-state index in [0.29, 0.717) is 5.92 Å². The molecule has 1 unspecified atom stereocenters. The fraction of sp³-hybridized carbons (Fsp3) is 0.571. The van der Waals surface area contributed by atoms with Crippen molar-refractivity contribution in [3.63, 3.8) is 0 Å². The van der Waals surface area contributed by atoms with Gasteiger partial charge in [0.2, 0.25) is 0 Å². The third kappa shape index (κ3) is 4.77. The lowest BCUT2D eigenvalue weighted by Gasteiger charge is -2.16. The first-order valence-electron chi connectivity index (χ1n) is 6.07. The van der Waals surface area contributed by atoms with Gasteiger partial charge in [0.1, 0.15) is 0 Å². The summed E-state index contributed by atoms with van der Waals surface area (Å²) < 4.78 is 5.07. The maximum Gasteiger partial charge on any atom is 0.0462 e. The largest absolute Gasteiger partial charge is 0.385 e. The Morgan fingerprint density at radius 1 is 1.19 bits per heavy atom. The minimum atomic E-state index is 0.628. The summed E-state index contributed by atoms with van der Waals surface area (Å²) in [5.74, 6) is 0.628. The van der Waals surface area contributed by atoms with Crippen LogP contribution in [0, 0.1) is 0 Å². The van der Waals surface area contributed by atoms with Gasteiger partial charge in [-0.05, 0) is 31.4 Å². The zero-order valence-electron chi connectivity index (χ0n) is 10.4. The topological polar surface area (TPSA) is 21.3 Å². The van der Waals surface area contributed by atoms with Gasteiger partial charge in [-0.25, -0.2) is 0 Å². The SMILES string of the molecule is CNCC(CCCCOC)c1ccccc1. The quantitative estimate of drug-likeness (QED) is 0.682. The molecule has 0 heterocycles. The van der Waals surface area contributed by atoms with Gasteiger partial charge in [0.25, 0.3) is 0 Å². The zero-order chi connectivity index (χ0) is 11.6. The molecular weight excluding hydrogens is 198 g/mol. The van der Waals surface area contributed by atoms with Crippen molar-refractivity contribution in [1.82, 2.24) is 5.32 Å². The van der Waals surface area contributed by atoms with Crippen LogP contribution in [0.5, 0.6) is 0 Å². The average Bonchev–Trinajstić information content (AvgIpc) is 2.34. The Bertz CT molecular complexity index is 261. The molecule has 2 nitrogen and oxygen atoms in total. The fourth-order valence-corrected chi connectivity index (χ4v) is 2.00. The molecule has 0 bridgehead atoms. The van der Waals surface area contributed by atoms with Crippen molar-refractivity contribution in [3.05, 3.63) is 35.9 Å². The van der Waals surface area contributed by atoms with Crippen LogP contribution in [0.15, 0.2) is 30.3 Å². The summed E-state index contributed by atoms with van der Waals surface area (Å²) in [7, 11) is 3.79. The number of unbranched alkanes of at least 4 members (excludes halogenated alkanes) is 1. The van der Waals surface area contributed by atoms with E-state index >= 15 is 0 Å². The van der Waals surface area contributed by atoms with Crippen molar-refractivity contribution < 1.29 is 4.74 Å². The van der Waals surface area contributed by atoms with E-state index in [2.05, 4.69) is 35.6 Å². The highest BCUT2D eigenvalue weighted by Crippen LogP contribution is 2.21. The molecule has 0 radical (unpaired) electrons. The Morgan fingerprint density at radius 2 is 1.94 bits per heavy atom. The summed E-state index contributed by atoms with van der Waals surface area (Å²) in [6.45, 7) is 1.93. The molecular formula is C14H23NO. The molecule has 1 aromatic rings. The van der Waals surface area contributed by atoms with E-state index in [1.54, 1.807) is 7.11 Å². The van der Waals surface area contributed by atoms with Gasteiger partial charge >= 0.3 is 0 Å². The Balaban J connectivity index is 2.41. The average molecular weight is 221 g/mol. The van der Waals surface area contributed by atoms with Crippen molar-refractivity contribution in [2.75, 3.05) is 27.3 Å². The van der Waals surface area contributed by atoms with Gasteiger partial charge in [0, 0.05) is 20.3 Å². The maximum absolute atomic E-state index is 5.07. The summed E-state index contributed by atoms with van der Waals surface area (Å²) in [5.41, 5.74) is 1.44. The van der Waals surface area contributed by atoms with Crippen molar-refractivity contribution in [1.29, 1.82) is 0 Å². The Hall–Kier alpha value is -0.860. The van der Waals surface area contributed by atoms with Gasteiger partial charge in [-0.1, -0.05) is 36.8 Å². The van der Waals surface area contributed by atoms with Crippen LogP contribution in [0.4, 0.5) is 0 Å². The normalized spacial score (nSPS) is 12.6. The monoisotopic (exact) mass is 221 g/mol. The number of ether oxygens (including phenoxy) is 1. The molecule has 0 aliphatic heterocycles. The highest BCUT2D eigenvalue weighted by Gasteiger charge is 2.09. The Kier molecular flexibility index (Phi) is 6.86. The minimum absolute atomic E-state index is 0.628. The molecule has 0 fully saturated rings. The van der Waals surface area contributed by atoms with E-state index in [4.69, 9.17) is 4.74 Å². The van der Waals surface area contributed by atoms with Gasteiger partial charge in [0.05, 0.1) is 0 Å². The second-order valence-electron chi connectivity index (χ2n) is 4.15. The molecule has 16 heavy (non-hydrogen) atoms. The molecule has 1 rings (SSSR count). The van der Waals surface area contributed by atoms with Gasteiger partial charge < -0.3 is 10.1 Å². The van der Waals surface area contributed by atoms with Gasteiger partial charge in [-0.2, -0.15) is 0 Å². The molecule has 0 spiro atoms. The van der Waals surface area contributed by atoms with E-state index in [1.807, 2.05) is 7.05 Å². The first-order chi connectivity index (χ1) is 7.88. The third-order valence-corrected chi connectivity index (χ3v) is 2.87. The number of hydrogen-bond donors (Lipinski definition) is 1. The zero-order valence-corrected chi connectivity index (χ0v) is 10.4. The number of benzene rings is 1. The van der Waals surface area contributed by atoms with E-state index in [1.165, 1.54) is 18.4 Å². The van der Waals surface area contributed by atoms with Crippen LogP contribution in [-0.2, 0) is 4.74 Å². The number of likely N-dealkylation sites (N-methyl/N-ethyl adjacent to an activating group) is 1. The summed E-state index contributed by atoms with van der Waals surface area (Å²) in [6.07, 6.45) is 3.62. The summed E-state index contributed by atoms with van der Waals surface area (Å²) >= 11 is 0. The van der Waals surface area contributed by atoms with Crippen molar-refractivity contribution >= 4 is 0 Å². The van der Waals surface area contributed by atoms with Crippen LogP contribution in [0.2, 0.25) is 0 Å². The second-order valence-corrected chi connectivity index (χ2v) is 4.15. The molecule has 0 amide bonds. The lowest BCUT2D eigenvalue weighted by Crippen LogP contribution is -2.17. The van der Waals surface area contributed by atoms with E-state index in [9.17, 15) is 0 Å². The van der Waals surface area contributed by atoms with E-state index in [0.717, 1.165) is 19.6 Å². The molecule has 0 aromatic heterocycles. The molecule has 0 aliphatic carbocycles. The number of methoxy groups -OCH3 is 1. The van der Waals surface area contributed by atoms with E-state index < -0.39 is 0 Å². The van der Waals surface area contributed by atoms with Gasteiger partial charge in [-0.15, -0.1) is 0 Å². The van der Waals surface area contributed by atoms with E-state index in [-0.39, 0.29) is 0 Å². The molecule has 1 aromatic carbocycles. The van der Waals surface area contributed by atoms with Crippen molar-refractivity contribution in [3.8, 4) is 0 Å². The third-order valence-electron chi connectivity index (χ3n) is 2.87. The molecule has 2 heteroatoms. The number of hydrogen-bond acceptors (Lipinski definition) is 2. The summed E-state index contributed by atoms with van der Waals surface area (Å²) in [4.78, 5) is 0. The van der Waals surface area contributed by atoms with Crippen LogP contribution in [0.25, 0.3) is 0 Å². The fourth-order valence-electron chi connectivity index (χ4n) is 2.00. The predicted octanol–water partition coefficient (Wildman–Crippen LogP) is 2.81. The molecule has 0 saturated carbocycles. The number of nitrogens with one attached hydrogen (secondary N) is 1. The second kappa shape index (κ2) is 8.31. The van der Waals surface area contributed by atoms with Gasteiger partial charge in [0.15, 0.2) is 0 Å². The van der Waals surface area contributed by atoms with Crippen LogP contribution < -0.4 is 5.32 Å². The predicted molar refractivity (Wildman–Crippen MR) is 68.8 cm³/mol. The van der Waals surface area contributed by atoms with Crippen molar-refractivity contribution in [2.45, 2.75) is 25.2 Å². The first kappa shape index (κ1) is 13.2. The summed E-state index contributed by atoms with van der Waals surface area (Å²) in [6, 6.07) is 10.8. The van der Waals surface area contributed by atoms with Crippen LogP contribution in [-0.4, -0.2) is 27.3 Å². The lowest BCUT2D eigenvalue weighted by molar-refractivity contribution is 0.191. The molecule has 1 atom stereocenters.